The van der Waals surface area contributed by atoms with Crippen LogP contribution in [-0.4, -0.2) is 11.7 Å². The molecule has 4 heteroatoms. The van der Waals surface area contributed by atoms with E-state index in [4.69, 9.17) is 11.6 Å². The number of carbonyl (C=O) groups excluding carboxylic acids is 2. The highest BCUT2D eigenvalue weighted by molar-refractivity contribution is 6.31. The van der Waals surface area contributed by atoms with Crippen LogP contribution < -0.4 is 5.32 Å². The maximum absolute atomic E-state index is 12.4. The molecule has 0 radical (unpaired) electrons. The van der Waals surface area contributed by atoms with Crippen molar-refractivity contribution in [2.75, 3.05) is 5.32 Å². The van der Waals surface area contributed by atoms with E-state index in [0.29, 0.717) is 16.3 Å². The summed E-state index contributed by atoms with van der Waals surface area (Å²) in [5, 5.41) is 5.53. The molecule has 3 aromatic carbocycles. The van der Waals surface area contributed by atoms with Gasteiger partial charge in [0.05, 0.1) is 0 Å². The van der Waals surface area contributed by atoms with Crippen molar-refractivity contribution in [1.82, 2.24) is 0 Å². The van der Waals surface area contributed by atoms with Crippen LogP contribution in [0.1, 0.15) is 28.8 Å². The Labute approximate surface area is 151 Å². The third-order valence-electron chi connectivity index (χ3n) is 4.19. The number of hydrogen-bond acceptors (Lipinski definition) is 2. The second kappa shape index (κ2) is 7.49. The van der Waals surface area contributed by atoms with Crippen molar-refractivity contribution in [1.29, 1.82) is 0 Å². The summed E-state index contributed by atoms with van der Waals surface area (Å²) in [7, 11) is 0. The number of fused-ring (bicyclic) bond motifs is 1. The van der Waals surface area contributed by atoms with Gasteiger partial charge in [-0.3, -0.25) is 9.59 Å². The molecule has 0 saturated carbocycles. The van der Waals surface area contributed by atoms with Gasteiger partial charge < -0.3 is 5.32 Å². The smallest absolute Gasteiger partial charge is 0.224 e. The number of Topliss-reactive ketones (excluding diaryl/α,β-unsaturated/α-hetero) is 1. The lowest BCUT2D eigenvalue weighted by molar-refractivity contribution is -0.116. The molecule has 0 fully saturated rings. The summed E-state index contributed by atoms with van der Waals surface area (Å²) in [6, 6.07) is 18.8. The van der Waals surface area contributed by atoms with Crippen molar-refractivity contribution in [3.63, 3.8) is 0 Å². The van der Waals surface area contributed by atoms with Crippen molar-refractivity contribution < 1.29 is 9.59 Å². The molecule has 0 heterocycles. The lowest BCUT2D eigenvalue weighted by Gasteiger charge is -2.09. The molecule has 0 aromatic heterocycles. The zero-order chi connectivity index (χ0) is 17.8. The van der Waals surface area contributed by atoms with Gasteiger partial charge in [-0.1, -0.05) is 54.1 Å². The Bertz CT molecular complexity index is 950. The molecule has 0 atom stereocenters. The minimum atomic E-state index is -0.195. The summed E-state index contributed by atoms with van der Waals surface area (Å²) in [5.74, 6) is -0.233. The Morgan fingerprint density at radius 3 is 2.48 bits per heavy atom. The van der Waals surface area contributed by atoms with Gasteiger partial charge in [0.15, 0.2) is 5.78 Å². The number of nitrogens with one attached hydrogen (secondary N) is 1. The number of anilines is 1. The highest BCUT2D eigenvalue weighted by Gasteiger charge is 2.11. The summed E-state index contributed by atoms with van der Waals surface area (Å²) >= 11 is 6.05. The predicted octanol–water partition coefficient (Wildman–Crippen LogP) is 5.40. The van der Waals surface area contributed by atoms with E-state index in [1.54, 1.807) is 18.2 Å². The van der Waals surface area contributed by atoms with Crippen LogP contribution in [0.25, 0.3) is 10.8 Å². The van der Waals surface area contributed by atoms with E-state index in [1.165, 1.54) is 0 Å². The first-order chi connectivity index (χ1) is 12.0. The molecule has 25 heavy (non-hydrogen) atoms. The van der Waals surface area contributed by atoms with E-state index in [0.717, 1.165) is 16.3 Å². The van der Waals surface area contributed by atoms with Gasteiger partial charge in [-0.15, -0.1) is 0 Å². The standard InChI is InChI=1S/C21H18ClNO2/c1-14-18(22)7-4-8-19(14)23-21(25)12-11-20(24)17-10-9-15-5-2-3-6-16(15)13-17/h2-10,13H,11-12H2,1H3,(H,23,25). The van der Waals surface area contributed by atoms with Gasteiger partial charge in [0.2, 0.25) is 5.91 Å². The molecule has 0 bridgehead atoms. The first kappa shape index (κ1) is 17.2. The third-order valence-corrected chi connectivity index (χ3v) is 4.60. The van der Waals surface area contributed by atoms with Crippen LogP contribution in [0, 0.1) is 6.92 Å². The minimum absolute atomic E-state index is 0.0382. The van der Waals surface area contributed by atoms with Crippen molar-refractivity contribution in [2.45, 2.75) is 19.8 Å². The first-order valence-electron chi connectivity index (χ1n) is 8.11. The summed E-state index contributed by atoms with van der Waals surface area (Å²) in [6.45, 7) is 1.85. The first-order valence-corrected chi connectivity index (χ1v) is 8.49. The normalized spacial score (nSPS) is 10.6. The summed E-state index contributed by atoms with van der Waals surface area (Å²) in [5.41, 5.74) is 2.12. The zero-order valence-corrected chi connectivity index (χ0v) is 14.6. The molecule has 0 unspecified atom stereocenters. The van der Waals surface area contributed by atoms with E-state index >= 15 is 0 Å². The molecule has 1 N–H and O–H groups in total. The van der Waals surface area contributed by atoms with Crippen LogP contribution in [0.15, 0.2) is 60.7 Å². The SMILES string of the molecule is Cc1c(Cl)cccc1NC(=O)CCC(=O)c1ccc2ccccc2c1. The molecule has 0 spiro atoms. The fraction of sp³-hybridized carbons (Fsp3) is 0.143. The van der Waals surface area contributed by atoms with Gasteiger partial charge in [0, 0.05) is 29.1 Å². The van der Waals surface area contributed by atoms with Crippen LogP contribution in [0.3, 0.4) is 0 Å². The maximum Gasteiger partial charge on any atom is 0.224 e. The Morgan fingerprint density at radius 2 is 1.68 bits per heavy atom. The Morgan fingerprint density at radius 1 is 0.920 bits per heavy atom. The average molecular weight is 352 g/mol. The summed E-state index contributed by atoms with van der Waals surface area (Å²) in [6.07, 6.45) is 0.307. The topological polar surface area (TPSA) is 46.2 Å². The van der Waals surface area contributed by atoms with Crippen LogP contribution in [0.5, 0.6) is 0 Å². The summed E-state index contributed by atoms with van der Waals surface area (Å²) < 4.78 is 0. The number of ketones is 1. The summed E-state index contributed by atoms with van der Waals surface area (Å²) in [4.78, 5) is 24.5. The van der Waals surface area contributed by atoms with Gasteiger partial charge in [0.1, 0.15) is 0 Å². The minimum Gasteiger partial charge on any atom is -0.326 e. The van der Waals surface area contributed by atoms with Crippen LogP contribution >= 0.6 is 11.6 Å². The molecule has 3 nitrogen and oxygen atoms in total. The fourth-order valence-corrected chi connectivity index (χ4v) is 2.86. The third kappa shape index (κ3) is 4.06. The van der Waals surface area contributed by atoms with Crippen LogP contribution in [-0.2, 0) is 4.79 Å². The number of rotatable bonds is 5. The van der Waals surface area contributed by atoms with Gasteiger partial charge in [0.25, 0.3) is 0 Å². The van der Waals surface area contributed by atoms with Crippen LogP contribution in [0.2, 0.25) is 5.02 Å². The van der Waals surface area contributed by atoms with Gasteiger partial charge in [-0.2, -0.15) is 0 Å². The predicted molar refractivity (Wildman–Crippen MR) is 102 cm³/mol. The van der Waals surface area contributed by atoms with Gasteiger partial charge >= 0.3 is 0 Å². The highest BCUT2D eigenvalue weighted by Crippen LogP contribution is 2.23. The fourth-order valence-electron chi connectivity index (χ4n) is 2.69. The average Bonchev–Trinajstić information content (AvgIpc) is 2.63. The van der Waals surface area contributed by atoms with Crippen molar-refractivity contribution >= 4 is 39.8 Å². The molecule has 0 saturated heterocycles. The molecule has 0 aliphatic heterocycles. The van der Waals surface area contributed by atoms with Crippen molar-refractivity contribution in [2.24, 2.45) is 0 Å². The van der Waals surface area contributed by atoms with E-state index in [-0.39, 0.29) is 24.5 Å². The number of hydrogen-bond donors (Lipinski definition) is 1. The lowest BCUT2D eigenvalue weighted by Crippen LogP contribution is -2.14. The Balaban J connectivity index is 1.63. The van der Waals surface area contributed by atoms with Gasteiger partial charge in [-0.05, 0) is 41.5 Å². The highest BCUT2D eigenvalue weighted by atomic mass is 35.5. The number of amides is 1. The quantitative estimate of drug-likeness (QED) is 0.625. The van der Waals surface area contributed by atoms with E-state index in [2.05, 4.69) is 5.32 Å². The molecule has 3 rings (SSSR count). The maximum atomic E-state index is 12.4. The number of benzene rings is 3. The largest absolute Gasteiger partial charge is 0.326 e. The number of halogens is 1. The van der Waals surface area contributed by atoms with E-state index < -0.39 is 0 Å². The Hall–Kier alpha value is -2.65. The van der Waals surface area contributed by atoms with Gasteiger partial charge in [-0.25, -0.2) is 0 Å². The number of carbonyl (C=O) groups is 2. The molecule has 3 aromatic rings. The molecule has 1 amide bonds. The molecule has 0 aliphatic rings. The molecule has 126 valence electrons. The van der Waals surface area contributed by atoms with Crippen molar-refractivity contribution in [3.05, 3.63) is 76.8 Å². The Kier molecular flexibility index (Phi) is 5.15. The van der Waals surface area contributed by atoms with E-state index in [9.17, 15) is 9.59 Å². The second-order valence-corrected chi connectivity index (χ2v) is 6.35. The van der Waals surface area contributed by atoms with Crippen molar-refractivity contribution in [3.8, 4) is 0 Å². The molecule has 0 aliphatic carbocycles. The monoisotopic (exact) mass is 351 g/mol. The van der Waals surface area contributed by atoms with E-state index in [1.807, 2.05) is 49.4 Å². The molecular weight excluding hydrogens is 334 g/mol. The zero-order valence-electron chi connectivity index (χ0n) is 13.9. The molecular formula is C21H18ClNO2. The lowest BCUT2D eigenvalue weighted by atomic mass is 10.0. The van der Waals surface area contributed by atoms with Crippen LogP contribution in [0.4, 0.5) is 5.69 Å². The second-order valence-electron chi connectivity index (χ2n) is 5.95.